The lowest BCUT2D eigenvalue weighted by Gasteiger charge is -2.11. The lowest BCUT2D eigenvalue weighted by molar-refractivity contribution is 0.672. The van der Waals surface area contributed by atoms with E-state index in [9.17, 15) is 4.21 Å². The third-order valence-electron chi connectivity index (χ3n) is 2.49. The first-order valence-corrected chi connectivity index (χ1v) is 8.28. The Bertz CT molecular complexity index is 416. The van der Waals surface area contributed by atoms with Crippen molar-refractivity contribution in [1.82, 2.24) is 9.97 Å². The molecule has 2 atom stereocenters. The Balaban J connectivity index is 2.55. The number of rotatable bonds is 7. The Morgan fingerprint density at radius 1 is 1.50 bits per heavy atom. The highest BCUT2D eigenvalue weighted by Crippen LogP contribution is 2.20. The summed E-state index contributed by atoms with van der Waals surface area (Å²) in [6.45, 7) is 5.50. The molecule has 1 aromatic rings. The highest BCUT2D eigenvalue weighted by molar-refractivity contribution is 9.10. The van der Waals surface area contributed by atoms with E-state index < -0.39 is 10.8 Å². The van der Waals surface area contributed by atoms with E-state index in [1.807, 2.05) is 13.8 Å². The second-order valence-corrected chi connectivity index (χ2v) is 6.60. The Hall–Kier alpha value is -0.690. The zero-order valence-corrected chi connectivity index (χ0v) is 13.3. The fraction of sp³-hybridized carbons (Fsp3) is 0.636. The first-order valence-electron chi connectivity index (χ1n) is 5.87. The third kappa shape index (κ3) is 4.89. The topological polar surface area (TPSA) is 66.9 Å². The van der Waals surface area contributed by atoms with Crippen LogP contribution in [0.4, 0.5) is 11.8 Å². The van der Waals surface area contributed by atoms with Gasteiger partial charge in [0.1, 0.15) is 5.82 Å². The molecule has 2 N–H and O–H groups in total. The van der Waals surface area contributed by atoms with Crippen LogP contribution in [0.1, 0.15) is 20.3 Å². The molecule has 0 aliphatic heterocycles. The Labute approximate surface area is 119 Å². The summed E-state index contributed by atoms with van der Waals surface area (Å²) in [6.07, 6.45) is 4.29. The molecule has 0 saturated carbocycles. The first kappa shape index (κ1) is 15.4. The molecular weight excluding hydrogens is 316 g/mol. The second-order valence-electron chi connectivity index (χ2n) is 3.95. The molecule has 1 rings (SSSR count). The zero-order chi connectivity index (χ0) is 13.5. The van der Waals surface area contributed by atoms with Gasteiger partial charge in [-0.05, 0) is 29.3 Å². The van der Waals surface area contributed by atoms with Gasteiger partial charge in [-0.3, -0.25) is 4.21 Å². The van der Waals surface area contributed by atoms with Gasteiger partial charge < -0.3 is 10.6 Å². The Morgan fingerprint density at radius 2 is 2.22 bits per heavy atom. The molecule has 1 heterocycles. The molecule has 0 fully saturated rings. The fourth-order valence-electron chi connectivity index (χ4n) is 1.29. The predicted molar refractivity (Wildman–Crippen MR) is 80.5 cm³/mol. The van der Waals surface area contributed by atoms with Gasteiger partial charge in [0.25, 0.3) is 0 Å². The number of hydrogen-bond acceptors (Lipinski definition) is 5. The van der Waals surface area contributed by atoms with E-state index in [-0.39, 0.29) is 5.25 Å². The van der Waals surface area contributed by atoms with Crippen LogP contribution in [0.25, 0.3) is 0 Å². The van der Waals surface area contributed by atoms with Gasteiger partial charge in [-0.2, -0.15) is 4.98 Å². The molecule has 2 unspecified atom stereocenters. The van der Waals surface area contributed by atoms with Crippen molar-refractivity contribution in [1.29, 1.82) is 0 Å². The van der Waals surface area contributed by atoms with Gasteiger partial charge in [-0.15, -0.1) is 0 Å². The molecule has 102 valence electrons. The summed E-state index contributed by atoms with van der Waals surface area (Å²) in [4.78, 5) is 8.49. The monoisotopic (exact) mass is 334 g/mol. The van der Waals surface area contributed by atoms with Crippen LogP contribution in [0.2, 0.25) is 0 Å². The maximum Gasteiger partial charge on any atom is 0.224 e. The van der Waals surface area contributed by atoms with Crippen molar-refractivity contribution in [2.75, 3.05) is 30.0 Å². The minimum absolute atomic E-state index is 0.186. The van der Waals surface area contributed by atoms with Gasteiger partial charge in [0.05, 0.1) is 4.47 Å². The summed E-state index contributed by atoms with van der Waals surface area (Å²) in [6, 6.07) is 0. The van der Waals surface area contributed by atoms with Crippen LogP contribution >= 0.6 is 15.9 Å². The van der Waals surface area contributed by atoms with E-state index in [1.165, 1.54) is 0 Å². The predicted octanol–water partition coefficient (Wildman–Crippen LogP) is 2.24. The molecule has 7 heteroatoms. The van der Waals surface area contributed by atoms with Crippen LogP contribution in [0.5, 0.6) is 0 Å². The van der Waals surface area contributed by atoms with Crippen molar-refractivity contribution in [3.63, 3.8) is 0 Å². The summed E-state index contributed by atoms with van der Waals surface area (Å²) in [5.74, 6) is 1.37. The molecule has 0 aliphatic carbocycles. The van der Waals surface area contributed by atoms with Gasteiger partial charge in [-0.1, -0.05) is 6.92 Å². The third-order valence-corrected chi connectivity index (χ3v) is 4.44. The van der Waals surface area contributed by atoms with E-state index >= 15 is 0 Å². The average Bonchev–Trinajstić information content (AvgIpc) is 2.33. The quantitative estimate of drug-likeness (QED) is 0.800. The highest BCUT2D eigenvalue weighted by atomic mass is 79.9. The van der Waals surface area contributed by atoms with Crippen molar-refractivity contribution in [2.24, 2.45) is 0 Å². The van der Waals surface area contributed by atoms with Gasteiger partial charge in [0.15, 0.2) is 0 Å². The van der Waals surface area contributed by atoms with Gasteiger partial charge in [-0.25, -0.2) is 4.98 Å². The Morgan fingerprint density at radius 3 is 2.83 bits per heavy atom. The number of aromatic nitrogens is 2. The van der Waals surface area contributed by atoms with Crippen molar-refractivity contribution >= 4 is 38.5 Å². The number of nitrogens with one attached hydrogen (secondary N) is 2. The molecule has 0 radical (unpaired) electrons. The van der Waals surface area contributed by atoms with Crippen LogP contribution in [-0.2, 0) is 10.8 Å². The zero-order valence-electron chi connectivity index (χ0n) is 10.9. The van der Waals surface area contributed by atoms with Gasteiger partial charge in [0, 0.05) is 41.6 Å². The summed E-state index contributed by atoms with van der Waals surface area (Å²) in [5, 5.41) is 6.47. The lowest BCUT2D eigenvalue weighted by atomic mass is 10.3. The minimum Gasteiger partial charge on any atom is -0.369 e. The highest BCUT2D eigenvalue weighted by Gasteiger charge is 2.07. The number of nitrogens with zero attached hydrogens (tertiary/aromatic N) is 2. The first-order chi connectivity index (χ1) is 8.54. The van der Waals surface area contributed by atoms with E-state index in [0.29, 0.717) is 5.95 Å². The summed E-state index contributed by atoms with van der Waals surface area (Å²) in [7, 11) is -0.778. The van der Waals surface area contributed by atoms with Crippen LogP contribution in [-0.4, -0.2) is 38.8 Å². The van der Waals surface area contributed by atoms with E-state index in [1.54, 1.807) is 12.5 Å². The molecule has 0 amide bonds. The van der Waals surface area contributed by atoms with Gasteiger partial charge >= 0.3 is 0 Å². The average molecular weight is 335 g/mol. The SMILES string of the molecule is CCNc1ncc(Br)c(NCCC(C)S(C)=O)n1. The molecule has 1 aromatic heterocycles. The molecule has 0 bridgehead atoms. The maximum atomic E-state index is 11.2. The van der Waals surface area contributed by atoms with E-state index in [4.69, 9.17) is 0 Å². The minimum atomic E-state index is -0.778. The molecular formula is C11H19BrN4OS. The van der Waals surface area contributed by atoms with Crippen LogP contribution < -0.4 is 10.6 Å². The summed E-state index contributed by atoms with van der Waals surface area (Å²) >= 11 is 3.40. The lowest BCUT2D eigenvalue weighted by Crippen LogP contribution is -2.16. The summed E-state index contributed by atoms with van der Waals surface area (Å²) < 4.78 is 12.1. The van der Waals surface area contributed by atoms with Crippen molar-refractivity contribution in [3.8, 4) is 0 Å². The Kier molecular flexibility index (Phi) is 6.56. The molecule has 5 nitrogen and oxygen atoms in total. The van der Waals surface area contributed by atoms with E-state index in [0.717, 1.165) is 29.8 Å². The van der Waals surface area contributed by atoms with Crippen molar-refractivity contribution < 1.29 is 4.21 Å². The maximum absolute atomic E-state index is 11.2. The van der Waals surface area contributed by atoms with Crippen LogP contribution in [0, 0.1) is 0 Å². The molecule has 0 saturated heterocycles. The molecule has 0 aliphatic rings. The largest absolute Gasteiger partial charge is 0.369 e. The normalized spacial score (nSPS) is 14.0. The van der Waals surface area contributed by atoms with Crippen LogP contribution in [0.3, 0.4) is 0 Å². The van der Waals surface area contributed by atoms with Crippen molar-refractivity contribution in [2.45, 2.75) is 25.5 Å². The number of anilines is 2. The number of hydrogen-bond donors (Lipinski definition) is 2. The second kappa shape index (κ2) is 7.68. The number of halogens is 1. The standard InChI is InChI=1S/C11H19BrN4OS/c1-4-13-11-15-7-9(12)10(16-11)14-6-5-8(2)18(3)17/h7-8H,4-6H2,1-3H3,(H2,13,14,15,16). The fourth-order valence-corrected chi connectivity index (χ4v) is 2.08. The molecule has 18 heavy (non-hydrogen) atoms. The summed E-state index contributed by atoms with van der Waals surface area (Å²) in [5.41, 5.74) is 0. The van der Waals surface area contributed by atoms with Gasteiger partial charge in [0.2, 0.25) is 5.95 Å². The van der Waals surface area contributed by atoms with E-state index in [2.05, 4.69) is 36.5 Å². The smallest absolute Gasteiger partial charge is 0.224 e. The van der Waals surface area contributed by atoms with Crippen molar-refractivity contribution in [3.05, 3.63) is 10.7 Å². The molecule has 0 aromatic carbocycles. The molecule has 0 spiro atoms. The van der Waals surface area contributed by atoms with Crippen LogP contribution in [0.15, 0.2) is 10.7 Å².